The lowest BCUT2D eigenvalue weighted by Crippen LogP contribution is -1.99. The average Bonchev–Trinajstić information content (AvgIpc) is 2.28. The van der Waals surface area contributed by atoms with Gasteiger partial charge in [-0.1, -0.05) is 0 Å². The van der Waals surface area contributed by atoms with Gasteiger partial charge in [-0.2, -0.15) is 0 Å². The number of alkyl halides is 1. The summed E-state index contributed by atoms with van der Waals surface area (Å²) in [5.41, 5.74) is 0.808. The Kier molecular flexibility index (Phi) is 2.73. The van der Waals surface area contributed by atoms with Crippen molar-refractivity contribution in [1.29, 1.82) is 0 Å². The molecule has 0 N–H and O–H groups in total. The quantitative estimate of drug-likeness (QED) is 0.585. The van der Waals surface area contributed by atoms with E-state index in [9.17, 15) is 4.79 Å². The molecule has 0 saturated heterocycles. The third-order valence-electron chi connectivity index (χ3n) is 1.26. The van der Waals surface area contributed by atoms with Crippen LogP contribution in [0.15, 0.2) is 15.2 Å². The lowest BCUT2D eigenvalue weighted by atomic mass is 10.2. The summed E-state index contributed by atoms with van der Waals surface area (Å²) < 4.78 is 5.61. The summed E-state index contributed by atoms with van der Waals surface area (Å²) >= 11 is 8.46. The molecule has 4 heteroatoms. The number of Topliss-reactive ketones (excluding diaryl/α,β-unsaturated/α-hetero) is 1. The van der Waals surface area contributed by atoms with Crippen molar-refractivity contribution >= 4 is 33.3 Å². The highest BCUT2D eigenvalue weighted by Crippen LogP contribution is 2.19. The van der Waals surface area contributed by atoms with Gasteiger partial charge in [-0.15, -0.1) is 11.6 Å². The summed E-state index contributed by atoms with van der Waals surface area (Å²) in [6.45, 7) is 1.80. The molecule has 11 heavy (non-hydrogen) atoms. The van der Waals surface area contributed by atoms with Gasteiger partial charge in [0.05, 0.1) is 5.88 Å². The molecule has 60 valence electrons. The summed E-state index contributed by atoms with van der Waals surface area (Å²) in [7, 11) is 0. The second-order valence-corrected chi connectivity index (χ2v) is 3.17. The van der Waals surface area contributed by atoms with Crippen LogP contribution in [0.3, 0.4) is 0 Å². The van der Waals surface area contributed by atoms with Crippen molar-refractivity contribution in [2.75, 3.05) is 5.88 Å². The smallest absolute Gasteiger partial charge is 0.212 e. The number of halogens is 2. The number of carbonyl (C=O) groups is 1. The van der Waals surface area contributed by atoms with Gasteiger partial charge in [0.1, 0.15) is 0 Å². The summed E-state index contributed by atoms with van der Waals surface area (Å²) in [6.07, 6.45) is 0. The fourth-order valence-corrected chi connectivity index (χ4v) is 1.41. The second kappa shape index (κ2) is 3.41. The van der Waals surface area contributed by atoms with Crippen LogP contribution in [-0.2, 0) is 0 Å². The molecule has 0 saturated carbocycles. The molecular weight excluding hydrogens is 231 g/mol. The average molecular weight is 237 g/mol. The third kappa shape index (κ3) is 1.84. The largest absolute Gasteiger partial charge is 0.446 e. The van der Waals surface area contributed by atoms with Crippen molar-refractivity contribution in [1.82, 2.24) is 0 Å². The fraction of sp³-hybridized carbons (Fsp3) is 0.286. The van der Waals surface area contributed by atoms with Gasteiger partial charge in [-0.3, -0.25) is 4.79 Å². The Morgan fingerprint density at radius 3 is 2.82 bits per heavy atom. The van der Waals surface area contributed by atoms with E-state index >= 15 is 0 Å². The lowest BCUT2D eigenvalue weighted by Gasteiger charge is -1.90. The van der Waals surface area contributed by atoms with Crippen LogP contribution in [-0.4, -0.2) is 11.7 Å². The number of carbonyl (C=O) groups excluding carboxylic acids is 1. The van der Waals surface area contributed by atoms with E-state index in [1.54, 1.807) is 13.0 Å². The predicted molar refractivity (Wildman–Crippen MR) is 46.2 cm³/mol. The van der Waals surface area contributed by atoms with E-state index in [0.29, 0.717) is 10.4 Å². The first-order valence-electron chi connectivity index (χ1n) is 3.00. The molecule has 0 aliphatic rings. The molecule has 0 spiro atoms. The summed E-state index contributed by atoms with van der Waals surface area (Å²) in [4.78, 5) is 11.0. The molecule has 2 nitrogen and oxygen atoms in total. The van der Waals surface area contributed by atoms with Gasteiger partial charge >= 0.3 is 0 Å². The first-order valence-corrected chi connectivity index (χ1v) is 4.33. The van der Waals surface area contributed by atoms with E-state index in [1.165, 1.54) is 0 Å². The molecule has 0 unspecified atom stereocenters. The molecule has 0 radical (unpaired) electrons. The number of aryl methyl sites for hydroxylation is 1. The van der Waals surface area contributed by atoms with E-state index in [4.69, 9.17) is 16.0 Å². The van der Waals surface area contributed by atoms with E-state index < -0.39 is 0 Å². The highest BCUT2D eigenvalue weighted by Gasteiger charge is 2.12. The number of hydrogen-bond donors (Lipinski definition) is 0. The van der Waals surface area contributed by atoms with Gasteiger partial charge < -0.3 is 4.42 Å². The van der Waals surface area contributed by atoms with Crippen molar-refractivity contribution in [3.05, 3.63) is 22.1 Å². The minimum atomic E-state index is -0.185. The highest BCUT2D eigenvalue weighted by molar-refractivity contribution is 9.10. The Labute approximate surface area is 77.7 Å². The van der Waals surface area contributed by atoms with Crippen molar-refractivity contribution in [3.63, 3.8) is 0 Å². The standard InChI is InChI=1S/C7H6BrClO2/c1-4-2-6(8)11-7(4)5(10)3-9/h2H,3H2,1H3. The van der Waals surface area contributed by atoms with Gasteiger partial charge in [-0.25, -0.2) is 0 Å². The van der Waals surface area contributed by atoms with Gasteiger partial charge in [0.2, 0.25) is 5.78 Å². The maximum Gasteiger partial charge on any atom is 0.212 e. The molecule has 1 rings (SSSR count). The van der Waals surface area contributed by atoms with Crippen LogP contribution < -0.4 is 0 Å². The number of furan rings is 1. The molecule has 0 bridgehead atoms. The normalized spacial score (nSPS) is 10.1. The molecule has 0 aromatic carbocycles. The van der Waals surface area contributed by atoms with Crippen LogP contribution in [0.5, 0.6) is 0 Å². The maximum atomic E-state index is 11.0. The van der Waals surface area contributed by atoms with Crippen LogP contribution in [0.4, 0.5) is 0 Å². The van der Waals surface area contributed by atoms with Crippen molar-refractivity contribution in [2.45, 2.75) is 6.92 Å². The van der Waals surface area contributed by atoms with Crippen LogP contribution in [0.1, 0.15) is 16.1 Å². The SMILES string of the molecule is Cc1cc(Br)oc1C(=O)CCl. The zero-order valence-electron chi connectivity index (χ0n) is 5.86. The molecule has 0 amide bonds. The van der Waals surface area contributed by atoms with E-state index in [-0.39, 0.29) is 11.7 Å². The summed E-state index contributed by atoms with van der Waals surface area (Å²) in [5, 5.41) is 0. The van der Waals surface area contributed by atoms with Gasteiger partial charge in [0, 0.05) is 0 Å². The topological polar surface area (TPSA) is 30.2 Å². The minimum absolute atomic E-state index is 0.0409. The van der Waals surface area contributed by atoms with E-state index in [0.717, 1.165) is 5.56 Å². The molecule has 0 atom stereocenters. The molecule has 0 aliphatic carbocycles. The number of ketones is 1. The van der Waals surface area contributed by atoms with Crippen LogP contribution in [0.2, 0.25) is 0 Å². The fourth-order valence-electron chi connectivity index (χ4n) is 0.781. The van der Waals surface area contributed by atoms with Gasteiger partial charge in [-0.05, 0) is 34.5 Å². The van der Waals surface area contributed by atoms with Crippen molar-refractivity contribution < 1.29 is 9.21 Å². The number of hydrogen-bond acceptors (Lipinski definition) is 2. The zero-order chi connectivity index (χ0) is 8.43. The zero-order valence-corrected chi connectivity index (χ0v) is 8.20. The highest BCUT2D eigenvalue weighted by atomic mass is 79.9. The maximum absolute atomic E-state index is 11.0. The van der Waals surface area contributed by atoms with Crippen molar-refractivity contribution in [2.24, 2.45) is 0 Å². The molecular formula is C7H6BrClO2. The molecule has 0 aliphatic heterocycles. The van der Waals surface area contributed by atoms with Gasteiger partial charge in [0.15, 0.2) is 10.4 Å². The molecule has 1 heterocycles. The summed E-state index contributed by atoms with van der Waals surface area (Å²) in [5.74, 6) is 0.114. The summed E-state index contributed by atoms with van der Waals surface area (Å²) in [6, 6.07) is 1.74. The Balaban J connectivity index is 3.03. The lowest BCUT2D eigenvalue weighted by molar-refractivity contribution is 0.0988. The minimum Gasteiger partial charge on any atom is -0.446 e. The van der Waals surface area contributed by atoms with Crippen LogP contribution in [0, 0.1) is 6.92 Å². The first kappa shape index (κ1) is 8.81. The monoisotopic (exact) mass is 236 g/mol. The Morgan fingerprint density at radius 1 is 1.82 bits per heavy atom. The van der Waals surface area contributed by atoms with Gasteiger partial charge in [0.25, 0.3) is 0 Å². The Bertz CT molecular complexity index is 280. The van der Waals surface area contributed by atoms with Crippen LogP contribution in [0.25, 0.3) is 0 Å². The number of rotatable bonds is 2. The second-order valence-electron chi connectivity index (χ2n) is 2.12. The van der Waals surface area contributed by atoms with E-state index in [1.807, 2.05) is 0 Å². The first-order chi connectivity index (χ1) is 5.15. The van der Waals surface area contributed by atoms with Crippen molar-refractivity contribution in [3.8, 4) is 0 Å². The Morgan fingerprint density at radius 2 is 2.45 bits per heavy atom. The molecule has 1 aromatic heterocycles. The van der Waals surface area contributed by atoms with E-state index in [2.05, 4.69) is 15.9 Å². The van der Waals surface area contributed by atoms with Crippen LogP contribution >= 0.6 is 27.5 Å². The Hall–Kier alpha value is -0.280. The molecule has 1 aromatic rings. The predicted octanol–water partition coefficient (Wildman–Crippen LogP) is 2.77. The molecule has 0 fully saturated rings. The third-order valence-corrected chi connectivity index (χ3v) is 1.90.